The number of carbonyl (C=O) groups excluding carboxylic acids is 1. The lowest BCUT2D eigenvalue weighted by Crippen LogP contribution is -2.58. The third kappa shape index (κ3) is 2.60. The predicted molar refractivity (Wildman–Crippen MR) is 69.4 cm³/mol. The molecule has 0 aromatic heterocycles. The van der Waals surface area contributed by atoms with Gasteiger partial charge in [0.1, 0.15) is 5.54 Å². The minimum Gasteiger partial charge on any atom is -0.480 e. The average molecular weight is 256 g/mol. The molecular formula is C13H24N2O3. The van der Waals surface area contributed by atoms with Crippen LogP contribution in [0.4, 0.5) is 4.79 Å². The van der Waals surface area contributed by atoms with Gasteiger partial charge in [0.15, 0.2) is 0 Å². The zero-order valence-corrected chi connectivity index (χ0v) is 11.9. The summed E-state index contributed by atoms with van der Waals surface area (Å²) in [4.78, 5) is 26.7. The van der Waals surface area contributed by atoms with Crippen LogP contribution in [-0.2, 0) is 4.79 Å². The topological polar surface area (TPSA) is 60.9 Å². The highest BCUT2D eigenvalue weighted by molar-refractivity contribution is 5.85. The van der Waals surface area contributed by atoms with Gasteiger partial charge in [-0.05, 0) is 39.5 Å². The Labute approximate surface area is 109 Å². The van der Waals surface area contributed by atoms with Crippen molar-refractivity contribution in [2.75, 3.05) is 13.6 Å². The van der Waals surface area contributed by atoms with Crippen LogP contribution in [-0.4, -0.2) is 52.1 Å². The molecule has 0 bridgehead atoms. The number of amides is 2. The van der Waals surface area contributed by atoms with E-state index in [-0.39, 0.29) is 12.1 Å². The standard InChI is InChI=1S/C13H24N2O3/c1-9-7-6-8-15(10(9)2)12(18)14(5)13(3,4)11(16)17/h9-10H,6-8H2,1-5H3,(H,16,17). The van der Waals surface area contributed by atoms with Crippen molar-refractivity contribution in [2.24, 2.45) is 5.92 Å². The highest BCUT2D eigenvalue weighted by Gasteiger charge is 2.39. The quantitative estimate of drug-likeness (QED) is 0.822. The van der Waals surface area contributed by atoms with Gasteiger partial charge in [-0.1, -0.05) is 6.92 Å². The van der Waals surface area contributed by atoms with Gasteiger partial charge in [-0.15, -0.1) is 0 Å². The van der Waals surface area contributed by atoms with E-state index in [2.05, 4.69) is 6.92 Å². The number of hydrogen-bond acceptors (Lipinski definition) is 2. The lowest BCUT2D eigenvalue weighted by molar-refractivity contribution is -0.147. The summed E-state index contributed by atoms with van der Waals surface area (Å²) >= 11 is 0. The number of carboxylic acids is 1. The van der Waals surface area contributed by atoms with Gasteiger partial charge in [-0.25, -0.2) is 9.59 Å². The molecule has 0 aromatic carbocycles. The van der Waals surface area contributed by atoms with Gasteiger partial charge in [0.25, 0.3) is 0 Å². The molecule has 1 aliphatic rings. The number of likely N-dealkylation sites (N-methyl/N-ethyl adjacent to an activating group) is 1. The number of aliphatic carboxylic acids is 1. The van der Waals surface area contributed by atoms with Crippen molar-refractivity contribution < 1.29 is 14.7 Å². The van der Waals surface area contributed by atoms with Gasteiger partial charge in [-0.3, -0.25) is 0 Å². The van der Waals surface area contributed by atoms with Crippen molar-refractivity contribution in [1.82, 2.24) is 9.80 Å². The van der Waals surface area contributed by atoms with Gasteiger partial charge >= 0.3 is 12.0 Å². The van der Waals surface area contributed by atoms with E-state index in [1.807, 2.05) is 6.92 Å². The van der Waals surface area contributed by atoms with E-state index in [1.54, 1.807) is 25.8 Å². The number of carbonyl (C=O) groups is 2. The van der Waals surface area contributed by atoms with Crippen molar-refractivity contribution >= 4 is 12.0 Å². The molecule has 1 N–H and O–H groups in total. The summed E-state index contributed by atoms with van der Waals surface area (Å²) in [5.41, 5.74) is -1.18. The largest absolute Gasteiger partial charge is 0.480 e. The molecule has 2 amide bonds. The molecule has 0 saturated carbocycles. The van der Waals surface area contributed by atoms with Gasteiger partial charge in [0.2, 0.25) is 0 Å². The van der Waals surface area contributed by atoms with Crippen LogP contribution >= 0.6 is 0 Å². The maximum atomic E-state index is 12.4. The van der Waals surface area contributed by atoms with E-state index in [0.717, 1.165) is 12.8 Å². The van der Waals surface area contributed by atoms with E-state index in [1.165, 1.54) is 4.90 Å². The van der Waals surface area contributed by atoms with E-state index >= 15 is 0 Å². The van der Waals surface area contributed by atoms with Crippen LogP contribution in [0.15, 0.2) is 0 Å². The minimum absolute atomic E-state index is 0.165. The molecule has 1 aliphatic heterocycles. The molecule has 0 aromatic rings. The molecule has 1 heterocycles. The molecule has 104 valence electrons. The number of rotatable bonds is 2. The van der Waals surface area contributed by atoms with Crippen molar-refractivity contribution in [3.63, 3.8) is 0 Å². The van der Waals surface area contributed by atoms with Crippen LogP contribution in [0.2, 0.25) is 0 Å². The third-order valence-electron chi connectivity index (χ3n) is 4.27. The van der Waals surface area contributed by atoms with E-state index in [4.69, 9.17) is 5.11 Å². The first-order valence-corrected chi connectivity index (χ1v) is 6.47. The number of urea groups is 1. The Kier molecular flexibility index (Phi) is 4.24. The van der Waals surface area contributed by atoms with E-state index in [9.17, 15) is 9.59 Å². The number of piperidine rings is 1. The fraction of sp³-hybridized carbons (Fsp3) is 0.846. The summed E-state index contributed by atoms with van der Waals surface area (Å²) in [7, 11) is 1.56. The third-order valence-corrected chi connectivity index (χ3v) is 4.27. The smallest absolute Gasteiger partial charge is 0.329 e. The second-order valence-corrected chi connectivity index (χ2v) is 5.76. The van der Waals surface area contributed by atoms with Crippen LogP contribution in [0.25, 0.3) is 0 Å². The SMILES string of the molecule is CC1CCCN(C(=O)N(C)C(C)(C)C(=O)O)C1C. The Bertz CT molecular complexity index is 341. The molecule has 18 heavy (non-hydrogen) atoms. The Morgan fingerprint density at radius 3 is 2.39 bits per heavy atom. The maximum absolute atomic E-state index is 12.4. The monoisotopic (exact) mass is 256 g/mol. The van der Waals surface area contributed by atoms with Gasteiger partial charge in [0, 0.05) is 19.6 Å². The van der Waals surface area contributed by atoms with Crippen molar-refractivity contribution in [1.29, 1.82) is 0 Å². The predicted octanol–water partition coefficient (Wildman–Crippen LogP) is 2.02. The van der Waals surface area contributed by atoms with Crippen LogP contribution in [0.3, 0.4) is 0 Å². The molecule has 1 rings (SSSR count). The normalized spacial score (nSPS) is 24.8. The summed E-state index contributed by atoms with van der Waals surface area (Å²) in [6.45, 7) is 7.97. The number of nitrogens with zero attached hydrogens (tertiary/aromatic N) is 2. The molecule has 2 unspecified atom stereocenters. The maximum Gasteiger partial charge on any atom is 0.329 e. The summed E-state index contributed by atoms with van der Waals surface area (Å²) in [6.07, 6.45) is 2.11. The van der Waals surface area contributed by atoms with Gasteiger partial charge < -0.3 is 14.9 Å². The van der Waals surface area contributed by atoms with Crippen LogP contribution in [0.1, 0.15) is 40.5 Å². The summed E-state index contributed by atoms with van der Waals surface area (Å²) in [5.74, 6) is -0.528. The molecule has 1 saturated heterocycles. The number of likely N-dealkylation sites (tertiary alicyclic amines) is 1. The molecule has 1 fully saturated rings. The zero-order chi connectivity index (χ0) is 14.1. The molecular weight excluding hydrogens is 232 g/mol. The van der Waals surface area contributed by atoms with Crippen molar-refractivity contribution in [3.05, 3.63) is 0 Å². The summed E-state index contributed by atoms with van der Waals surface area (Å²) in [6, 6.07) is -0.0280. The molecule has 0 aliphatic carbocycles. The van der Waals surface area contributed by atoms with Gasteiger partial charge in [-0.2, -0.15) is 0 Å². The second kappa shape index (κ2) is 5.16. The second-order valence-electron chi connectivity index (χ2n) is 5.76. The molecule has 5 heteroatoms. The van der Waals surface area contributed by atoms with E-state index < -0.39 is 11.5 Å². The lowest BCUT2D eigenvalue weighted by Gasteiger charge is -2.42. The fourth-order valence-electron chi connectivity index (χ4n) is 2.18. The van der Waals surface area contributed by atoms with Crippen LogP contribution in [0, 0.1) is 5.92 Å². The van der Waals surface area contributed by atoms with Crippen molar-refractivity contribution in [3.8, 4) is 0 Å². The summed E-state index contributed by atoms with van der Waals surface area (Å²) < 4.78 is 0. The first-order valence-electron chi connectivity index (χ1n) is 6.47. The number of carboxylic acid groups (broad SMARTS) is 1. The highest BCUT2D eigenvalue weighted by Crippen LogP contribution is 2.25. The molecule has 2 atom stereocenters. The first-order chi connectivity index (χ1) is 8.19. The van der Waals surface area contributed by atoms with E-state index in [0.29, 0.717) is 12.5 Å². The summed E-state index contributed by atoms with van der Waals surface area (Å²) in [5, 5.41) is 9.16. The average Bonchev–Trinajstić information content (AvgIpc) is 2.30. The Balaban J connectivity index is 2.84. The van der Waals surface area contributed by atoms with Gasteiger partial charge in [0.05, 0.1) is 0 Å². The van der Waals surface area contributed by atoms with Crippen LogP contribution in [0.5, 0.6) is 0 Å². The minimum atomic E-state index is -1.18. The zero-order valence-electron chi connectivity index (χ0n) is 11.9. The number of hydrogen-bond donors (Lipinski definition) is 1. The lowest BCUT2D eigenvalue weighted by atomic mass is 9.92. The molecule has 0 radical (unpaired) electrons. The highest BCUT2D eigenvalue weighted by atomic mass is 16.4. The molecule has 5 nitrogen and oxygen atoms in total. The Hall–Kier alpha value is -1.26. The first kappa shape index (κ1) is 14.8. The Morgan fingerprint density at radius 1 is 1.33 bits per heavy atom. The Morgan fingerprint density at radius 2 is 1.89 bits per heavy atom. The molecule has 0 spiro atoms. The van der Waals surface area contributed by atoms with Crippen LogP contribution < -0.4 is 0 Å². The van der Waals surface area contributed by atoms with Crippen molar-refractivity contribution in [2.45, 2.75) is 52.1 Å². The fourth-order valence-corrected chi connectivity index (χ4v) is 2.18.